The Balaban J connectivity index is 0.00000288. The summed E-state index contributed by atoms with van der Waals surface area (Å²) in [6.07, 6.45) is 2.10. The average Bonchev–Trinajstić information content (AvgIpc) is 3.02. The predicted molar refractivity (Wildman–Crippen MR) is 110 cm³/mol. The van der Waals surface area contributed by atoms with Gasteiger partial charge in [-0.1, -0.05) is 19.1 Å². The van der Waals surface area contributed by atoms with E-state index in [1.807, 2.05) is 12.1 Å². The molecule has 0 radical (unpaired) electrons. The summed E-state index contributed by atoms with van der Waals surface area (Å²) in [5.41, 5.74) is 1.13. The van der Waals surface area contributed by atoms with Crippen LogP contribution in [0.25, 0.3) is 0 Å². The monoisotopic (exact) mass is 448 g/mol. The number of aliphatic imine (C=N–C) groups is 1. The van der Waals surface area contributed by atoms with Crippen LogP contribution in [0.3, 0.4) is 0 Å². The molecular formula is C18H30FIN4. The van der Waals surface area contributed by atoms with Gasteiger partial charge in [-0.3, -0.25) is 4.99 Å². The number of hydrogen-bond acceptors (Lipinski definition) is 2. The molecule has 136 valence electrons. The second kappa shape index (κ2) is 11.6. The maximum atomic E-state index is 12.9. The molecule has 4 nitrogen and oxygen atoms in total. The molecule has 1 aromatic carbocycles. The summed E-state index contributed by atoms with van der Waals surface area (Å²) in [7, 11) is 0. The summed E-state index contributed by atoms with van der Waals surface area (Å²) < 4.78 is 12.9. The van der Waals surface area contributed by atoms with Gasteiger partial charge in [-0.25, -0.2) is 4.39 Å². The highest BCUT2D eigenvalue weighted by molar-refractivity contribution is 14.0. The van der Waals surface area contributed by atoms with Crippen molar-refractivity contribution in [1.29, 1.82) is 0 Å². The number of benzene rings is 1. The van der Waals surface area contributed by atoms with Gasteiger partial charge in [0.15, 0.2) is 5.96 Å². The van der Waals surface area contributed by atoms with Crippen molar-refractivity contribution in [2.75, 3.05) is 39.3 Å². The van der Waals surface area contributed by atoms with Crippen molar-refractivity contribution in [3.63, 3.8) is 0 Å². The van der Waals surface area contributed by atoms with Gasteiger partial charge < -0.3 is 15.5 Å². The Morgan fingerprint density at radius 2 is 2.00 bits per heavy atom. The first-order valence-electron chi connectivity index (χ1n) is 8.70. The first-order valence-corrected chi connectivity index (χ1v) is 8.70. The lowest BCUT2D eigenvalue weighted by Gasteiger charge is -2.14. The lowest BCUT2D eigenvalue weighted by Crippen LogP contribution is -2.38. The molecule has 0 bridgehead atoms. The number of nitrogens with one attached hydrogen (secondary N) is 2. The zero-order valence-electron chi connectivity index (χ0n) is 14.7. The highest BCUT2D eigenvalue weighted by Gasteiger charge is 2.20. The van der Waals surface area contributed by atoms with Gasteiger partial charge in [0.25, 0.3) is 0 Å². The molecule has 1 aromatic rings. The Labute approximate surface area is 162 Å². The summed E-state index contributed by atoms with van der Waals surface area (Å²) in [6.45, 7) is 10.3. The third kappa shape index (κ3) is 7.34. The van der Waals surface area contributed by atoms with Crippen molar-refractivity contribution < 1.29 is 4.39 Å². The lowest BCUT2D eigenvalue weighted by molar-refractivity contribution is 0.343. The molecule has 1 unspecified atom stereocenters. The smallest absolute Gasteiger partial charge is 0.191 e. The molecule has 1 fully saturated rings. The molecule has 1 aliphatic heterocycles. The molecule has 24 heavy (non-hydrogen) atoms. The SMILES string of the molecule is CCNC(=NCC1CCN(CC)C1)NCCc1ccc(F)cc1.I. The maximum Gasteiger partial charge on any atom is 0.191 e. The van der Waals surface area contributed by atoms with Crippen LogP contribution in [0.2, 0.25) is 0 Å². The molecule has 0 amide bonds. The van der Waals surface area contributed by atoms with E-state index < -0.39 is 0 Å². The number of likely N-dealkylation sites (tertiary alicyclic amines) is 1. The topological polar surface area (TPSA) is 39.7 Å². The van der Waals surface area contributed by atoms with Crippen molar-refractivity contribution in [3.8, 4) is 0 Å². The van der Waals surface area contributed by atoms with E-state index in [0.29, 0.717) is 5.92 Å². The van der Waals surface area contributed by atoms with E-state index in [-0.39, 0.29) is 29.8 Å². The fourth-order valence-electron chi connectivity index (χ4n) is 2.89. The Morgan fingerprint density at radius 3 is 2.62 bits per heavy atom. The Hall–Kier alpha value is -0.890. The number of rotatable bonds is 7. The first-order chi connectivity index (χ1) is 11.2. The standard InChI is InChI=1S/C18H29FN4.HI/c1-3-20-18(22-13-16-10-12-23(4-2)14-16)21-11-9-15-5-7-17(19)8-6-15;/h5-8,16H,3-4,9-14H2,1-2H3,(H2,20,21,22);1H. The number of halogens is 2. The van der Waals surface area contributed by atoms with E-state index in [4.69, 9.17) is 4.99 Å². The van der Waals surface area contributed by atoms with E-state index in [2.05, 4.69) is 29.4 Å². The maximum absolute atomic E-state index is 12.9. The first kappa shape index (κ1) is 21.2. The van der Waals surface area contributed by atoms with Crippen molar-refractivity contribution in [2.24, 2.45) is 10.9 Å². The van der Waals surface area contributed by atoms with Crippen molar-refractivity contribution in [2.45, 2.75) is 26.7 Å². The van der Waals surface area contributed by atoms with Crippen LogP contribution in [-0.4, -0.2) is 50.1 Å². The normalized spacial score (nSPS) is 18.3. The zero-order valence-corrected chi connectivity index (χ0v) is 17.1. The largest absolute Gasteiger partial charge is 0.357 e. The van der Waals surface area contributed by atoms with E-state index in [9.17, 15) is 4.39 Å². The van der Waals surface area contributed by atoms with Gasteiger partial charge in [0.2, 0.25) is 0 Å². The van der Waals surface area contributed by atoms with E-state index in [0.717, 1.165) is 50.7 Å². The minimum absolute atomic E-state index is 0. The summed E-state index contributed by atoms with van der Waals surface area (Å²) in [5, 5.41) is 6.66. The van der Waals surface area contributed by atoms with Gasteiger partial charge in [0.05, 0.1) is 0 Å². The van der Waals surface area contributed by atoms with Crippen LogP contribution in [0.1, 0.15) is 25.8 Å². The fourth-order valence-corrected chi connectivity index (χ4v) is 2.89. The highest BCUT2D eigenvalue weighted by Crippen LogP contribution is 2.15. The van der Waals surface area contributed by atoms with Gasteiger partial charge in [0.1, 0.15) is 5.82 Å². The molecule has 1 atom stereocenters. The van der Waals surface area contributed by atoms with Gasteiger partial charge in [-0.05, 0) is 56.5 Å². The molecule has 1 saturated heterocycles. The minimum atomic E-state index is -0.186. The van der Waals surface area contributed by atoms with E-state index in [1.165, 1.54) is 25.1 Å². The second-order valence-electron chi connectivity index (χ2n) is 6.07. The van der Waals surface area contributed by atoms with Gasteiger partial charge >= 0.3 is 0 Å². The van der Waals surface area contributed by atoms with E-state index >= 15 is 0 Å². The van der Waals surface area contributed by atoms with Crippen LogP contribution in [0.15, 0.2) is 29.3 Å². The Morgan fingerprint density at radius 1 is 1.25 bits per heavy atom. The Bertz CT molecular complexity index is 492. The van der Waals surface area contributed by atoms with Crippen LogP contribution < -0.4 is 10.6 Å². The van der Waals surface area contributed by atoms with Crippen LogP contribution in [0.5, 0.6) is 0 Å². The predicted octanol–water partition coefficient (Wildman–Crippen LogP) is 2.88. The van der Waals surface area contributed by atoms with Crippen molar-refractivity contribution in [1.82, 2.24) is 15.5 Å². The van der Waals surface area contributed by atoms with Gasteiger partial charge in [-0.2, -0.15) is 0 Å². The zero-order chi connectivity index (χ0) is 16.5. The fraction of sp³-hybridized carbons (Fsp3) is 0.611. The van der Waals surface area contributed by atoms with Crippen LogP contribution in [-0.2, 0) is 6.42 Å². The van der Waals surface area contributed by atoms with Crippen molar-refractivity contribution in [3.05, 3.63) is 35.6 Å². The lowest BCUT2D eigenvalue weighted by atomic mass is 10.1. The summed E-state index contributed by atoms with van der Waals surface area (Å²) in [6, 6.07) is 6.68. The summed E-state index contributed by atoms with van der Waals surface area (Å²) in [4.78, 5) is 7.20. The average molecular weight is 448 g/mol. The molecule has 6 heteroatoms. The van der Waals surface area contributed by atoms with Crippen LogP contribution in [0, 0.1) is 11.7 Å². The molecule has 0 saturated carbocycles. The van der Waals surface area contributed by atoms with Crippen LogP contribution >= 0.6 is 24.0 Å². The summed E-state index contributed by atoms with van der Waals surface area (Å²) in [5.74, 6) is 1.36. The molecule has 0 aliphatic carbocycles. The van der Waals surface area contributed by atoms with Crippen LogP contribution in [0.4, 0.5) is 4.39 Å². The molecule has 1 aliphatic rings. The highest BCUT2D eigenvalue weighted by atomic mass is 127. The van der Waals surface area contributed by atoms with E-state index in [1.54, 1.807) is 0 Å². The molecule has 2 rings (SSSR count). The Kier molecular flexibility index (Phi) is 10.2. The quantitative estimate of drug-likeness (QED) is 0.383. The number of guanidine groups is 1. The molecule has 1 heterocycles. The molecule has 0 spiro atoms. The molecular weight excluding hydrogens is 418 g/mol. The molecule has 2 N–H and O–H groups in total. The van der Waals surface area contributed by atoms with Gasteiger partial charge in [0, 0.05) is 26.2 Å². The number of nitrogens with zero attached hydrogens (tertiary/aromatic N) is 2. The molecule has 0 aromatic heterocycles. The third-order valence-corrected chi connectivity index (χ3v) is 4.29. The van der Waals surface area contributed by atoms with Gasteiger partial charge in [-0.15, -0.1) is 24.0 Å². The van der Waals surface area contributed by atoms with Crippen molar-refractivity contribution >= 4 is 29.9 Å². The second-order valence-corrected chi connectivity index (χ2v) is 6.07. The summed E-state index contributed by atoms with van der Waals surface area (Å²) >= 11 is 0. The third-order valence-electron chi connectivity index (χ3n) is 4.29. The number of hydrogen-bond donors (Lipinski definition) is 2. The minimum Gasteiger partial charge on any atom is -0.357 e.